The summed E-state index contributed by atoms with van der Waals surface area (Å²) in [5.41, 5.74) is 0.176. The monoisotopic (exact) mass is 186 g/mol. The normalized spacial score (nSPS) is 9.00. The Hall–Kier alpha value is -0.790. The Bertz CT molecular complexity index is 136. The van der Waals surface area contributed by atoms with Crippen LogP contribution in [0.2, 0.25) is 0 Å². The minimum Gasteiger partial charge on any atom is -0.478 e. The van der Waals surface area contributed by atoms with Crippen LogP contribution in [0.3, 0.4) is 0 Å². The zero-order valence-corrected chi connectivity index (χ0v) is 9.26. The maximum absolute atomic E-state index is 9.60. The summed E-state index contributed by atoms with van der Waals surface area (Å²) >= 11 is 0. The molecular formula is C11H22O2. The summed E-state index contributed by atoms with van der Waals surface area (Å²) in [6.45, 7) is 11.4. The molecule has 0 aromatic rings. The Morgan fingerprint density at radius 1 is 1.46 bits per heavy atom. The van der Waals surface area contributed by atoms with Crippen LogP contribution in [0, 0.1) is 5.92 Å². The molecule has 13 heavy (non-hydrogen) atoms. The van der Waals surface area contributed by atoms with Crippen molar-refractivity contribution in [2.45, 2.75) is 47.0 Å². The molecule has 0 aliphatic carbocycles. The van der Waals surface area contributed by atoms with Crippen LogP contribution in [0.5, 0.6) is 0 Å². The molecular weight excluding hydrogens is 164 g/mol. The first kappa shape index (κ1) is 14.7. The van der Waals surface area contributed by atoms with Crippen LogP contribution in [0.15, 0.2) is 12.2 Å². The molecule has 0 bridgehead atoms. The fraction of sp³-hybridized carbons (Fsp3) is 0.727. The summed E-state index contributed by atoms with van der Waals surface area (Å²) < 4.78 is 0. The standard InChI is InChI=1S/C7H16.C4H6O2/c1-4-5-6-7(2)3;1-3(2)4(5)6/h7H,4-6H2,1-3H3;1H2,2H3,(H,5,6). The minimum atomic E-state index is -0.935. The molecule has 2 heteroatoms. The van der Waals surface area contributed by atoms with Gasteiger partial charge in [-0.2, -0.15) is 0 Å². The maximum atomic E-state index is 9.60. The van der Waals surface area contributed by atoms with Crippen LogP contribution in [-0.4, -0.2) is 11.1 Å². The van der Waals surface area contributed by atoms with E-state index in [2.05, 4.69) is 27.4 Å². The molecule has 78 valence electrons. The van der Waals surface area contributed by atoms with Crippen molar-refractivity contribution in [1.82, 2.24) is 0 Å². The molecule has 0 aromatic carbocycles. The summed E-state index contributed by atoms with van der Waals surface area (Å²) in [6, 6.07) is 0. The quantitative estimate of drug-likeness (QED) is 0.682. The van der Waals surface area contributed by atoms with E-state index < -0.39 is 5.97 Å². The number of hydrogen-bond donors (Lipinski definition) is 1. The molecule has 0 unspecified atom stereocenters. The van der Waals surface area contributed by atoms with Crippen LogP contribution in [-0.2, 0) is 4.79 Å². The van der Waals surface area contributed by atoms with Gasteiger partial charge < -0.3 is 5.11 Å². The first-order chi connectivity index (χ1) is 5.91. The molecule has 0 saturated carbocycles. The fourth-order valence-electron chi connectivity index (χ4n) is 0.612. The summed E-state index contributed by atoms with van der Waals surface area (Å²) in [5, 5.41) is 7.89. The Labute approximate surface area is 81.7 Å². The van der Waals surface area contributed by atoms with E-state index in [0.29, 0.717) is 0 Å². The van der Waals surface area contributed by atoms with Gasteiger partial charge in [-0.15, -0.1) is 0 Å². The lowest BCUT2D eigenvalue weighted by molar-refractivity contribution is -0.132. The van der Waals surface area contributed by atoms with E-state index in [9.17, 15) is 4.79 Å². The third kappa shape index (κ3) is 18.3. The lowest BCUT2D eigenvalue weighted by atomic mass is 10.1. The molecule has 0 aliphatic rings. The number of carboxylic acid groups (broad SMARTS) is 1. The summed E-state index contributed by atoms with van der Waals surface area (Å²) in [5.74, 6) is -0.0325. The van der Waals surface area contributed by atoms with Gasteiger partial charge in [-0.25, -0.2) is 4.79 Å². The third-order valence-corrected chi connectivity index (χ3v) is 1.50. The van der Waals surface area contributed by atoms with Crippen molar-refractivity contribution in [2.75, 3.05) is 0 Å². The molecule has 0 amide bonds. The van der Waals surface area contributed by atoms with Gasteiger partial charge in [0.1, 0.15) is 0 Å². The predicted octanol–water partition coefficient (Wildman–Crippen LogP) is 3.48. The highest BCUT2D eigenvalue weighted by Crippen LogP contribution is 2.04. The van der Waals surface area contributed by atoms with E-state index in [4.69, 9.17) is 5.11 Å². The van der Waals surface area contributed by atoms with Gasteiger partial charge in [0.15, 0.2) is 0 Å². The van der Waals surface area contributed by atoms with Crippen LogP contribution >= 0.6 is 0 Å². The molecule has 2 nitrogen and oxygen atoms in total. The van der Waals surface area contributed by atoms with E-state index >= 15 is 0 Å². The average Bonchev–Trinajstić information content (AvgIpc) is 2.01. The van der Waals surface area contributed by atoms with E-state index in [1.165, 1.54) is 26.2 Å². The Morgan fingerprint density at radius 3 is 1.92 bits per heavy atom. The van der Waals surface area contributed by atoms with Gasteiger partial charge in [0, 0.05) is 5.57 Å². The minimum absolute atomic E-state index is 0.176. The predicted molar refractivity (Wildman–Crippen MR) is 56.8 cm³/mol. The molecule has 0 heterocycles. The van der Waals surface area contributed by atoms with Crippen molar-refractivity contribution in [2.24, 2.45) is 5.92 Å². The highest BCUT2D eigenvalue weighted by Gasteiger charge is 1.90. The molecule has 0 spiro atoms. The van der Waals surface area contributed by atoms with Gasteiger partial charge >= 0.3 is 5.97 Å². The molecule has 0 rings (SSSR count). The number of carbonyl (C=O) groups is 1. The average molecular weight is 186 g/mol. The van der Waals surface area contributed by atoms with Gasteiger partial charge in [0.05, 0.1) is 0 Å². The van der Waals surface area contributed by atoms with E-state index in [1.54, 1.807) is 0 Å². The van der Waals surface area contributed by atoms with Crippen molar-refractivity contribution in [1.29, 1.82) is 0 Å². The second-order valence-electron chi connectivity index (χ2n) is 3.62. The molecule has 0 aromatic heterocycles. The molecule has 0 aliphatic heterocycles. The first-order valence-electron chi connectivity index (χ1n) is 4.80. The molecule has 0 radical (unpaired) electrons. The highest BCUT2D eigenvalue weighted by atomic mass is 16.4. The van der Waals surface area contributed by atoms with Crippen molar-refractivity contribution >= 4 is 5.97 Å². The van der Waals surface area contributed by atoms with Gasteiger partial charge in [0.25, 0.3) is 0 Å². The summed E-state index contributed by atoms with van der Waals surface area (Å²) in [4.78, 5) is 9.60. The molecule has 0 atom stereocenters. The van der Waals surface area contributed by atoms with Gasteiger partial charge in [-0.1, -0.05) is 46.6 Å². The topological polar surface area (TPSA) is 37.3 Å². The molecule has 0 saturated heterocycles. The van der Waals surface area contributed by atoms with Crippen molar-refractivity contribution in [3.63, 3.8) is 0 Å². The number of rotatable bonds is 4. The lowest BCUT2D eigenvalue weighted by Crippen LogP contribution is -1.92. The zero-order chi connectivity index (χ0) is 10.9. The Kier molecular flexibility index (Phi) is 10.5. The van der Waals surface area contributed by atoms with Gasteiger partial charge in [-0.3, -0.25) is 0 Å². The van der Waals surface area contributed by atoms with Gasteiger partial charge in [0.2, 0.25) is 0 Å². The second kappa shape index (κ2) is 9.30. The number of hydrogen-bond acceptors (Lipinski definition) is 1. The number of unbranched alkanes of at least 4 members (excludes halogenated alkanes) is 1. The van der Waals surface area contributed by atoms with Crippen LogP contribution in [0.4, 0.5) is 0 Å². The first-order valence-corrected chi connectivity index (χ1v) is 4.80. The van der Waals surface area contributed by atoms with Crippen molar-refractivity contribution in [3.05, 3.63) is 12.2 Å². The van der Waals surface area contributed by atoms with Crippen molar-refractivity contribution < 1.29 is 9.90 Å². The summed E-state index contributed by atoms with van der Waals surface area (Å²) in [6.07, 6.45) is 4.15. The summed E-state index contributed by atoms with van der Waals surface area (Å²) in [7, 11) is 0. The van der Waals surface area contributed by atoms with E-state index in [0.717, 1.165) is 5.92 Å². The number of carboxylic acids is 1. The van der Waals surface area contributed by atoms with Crippen LogP contribution < -0.4 is 0 Å². The smallest absolute Gasteiger partial charge is 0.330 e. The third-order valence-electron chi connectivity index (χ3n) is 1.50. The largest absolute Gasteiger partial charge is 0.478 e. The number of aliphatic carboxylic acids is 1. The highest BCUT2D eigenvalue weighted by molar-refractivity contribution is 5.84. The SMILES string of the molecule is C=C(C)C(=O)O.CCCCC(C)C. The maximum Gasteiger partial charge on any atom is 0.330 e. The fourth-order valence-corrected chi connectivity index (χ4v) is 0.612. The van der Waals surface area contributed by atoms with Crippen LogP contribution in [0.25, 0.3) is 0 Å². The van der Waals surface area contributed by atoms with E-state index in [1.807, 2.05) is 0 Å². The lowest BCUT2D eigenvalue weighted by Gasteiger charge is -1.98. The van der Waals surface area contributed by atoms with Gasteiger partial charge in [-0.05, 0) is 12.8 Å². The molecule has 1 N–H and O–H groups in total. The second-order valence-corrected chi connectivity index (χ2v) is 3.62. The van der Waals surface area contributed by atoms with Crippen LogP contribution in [0.1, 0.15) is 47.0 Å². The van der Waals surface area contributed by atoms with E-state index in [-0.39, 0.29) is 5.57 Å². The Morgan fingerprint density at radius 2 is 1.85 bits per heavy atom. The Balaban J connectivity index is 0. The molecule has 0 fully saturated rings. The zero-order valence-electron chi connectivity index (χ0n) is 9.26. The van der Waals surface area contributed by atoms with Crippen molar-refractivity contribution in [3.8, 4) is 0 Å².